The van der Waals surface area contributed by atoms with Gasteiger partial charge in [-0.25, -0.2) is 4.79 Å². The largest absolute Gasteiger partial charge is 0.504 e. The highest BCUT2D eigenvalue weighted by atomic mass is 17.2. The molecule has 1 aromatic carbocycles. The van der Waals surface area contributed by atoms with Crippen molar-refractivity contribution >= 4 is 5.97 Å². The molecule has 0 saturated carbocycles. The van der Waals surface area contributed by atoms with E-state index in [-0.39, 0.29) is 17.1 Å². The first-order valence-electron chi connectivity index (χ1n) is 18.9. The van der Waals surface area contributed by atoms with E-state index in [2.05, 4.69) is 27.7 Å². The number of carboxylic acid groups (broad SMARTS) is 1. The Morgan fingerprint density at radius 1 is 0.500 bits per heavy atom. The summed E-state index contributed by atoms with van der Waals surface area (Å²) in [5.41, 5.74) is 2.96. The van der Waals surface area contributed by atoms with Crippen LogP contribution in [-0.4, -0.2) is 22.8 Å². The van der Waals surface area contributed by atoms with E-state index in [1.54, 1.807) is 0 Å². The molecule has 0 unspecified atom stereocenters. The average molecular weight is 619 g/mol. The minimum absolute atomic E-state index is 0.0319. The van der Waals surface area contributed by atoms with Crippen LogP contribution in [0.4, 0.5) is 0 Å². The summed E-state index contributed by atoms with van der Waals surface area (Å²) < 4.78 is 0. The number of benzene rings is 1. The number of carbonyl (C=O) groups is 1. The lowest BCUT2D eigenvalue weighted by Gasteiger charge is -2.23. The second kappa shape index (κ2) is 27.6. The lowest BCUT2D eigenvalue weighted by atomic mass is 9.85. The van der Waals surface area contributed by atoms with Crippen LogP contribution in [-0.2, 0) is 24.2 Å². The monoisotopic (exact) mass is 619 g/mol. The van der Waals surface area contributed by atoms with Gasteiger partial charge < -0.3 is 15.1 Å². The van der Waals surface area contributed by atoms with Gasteiger partial charge in [0.15, 0.2) is 5.75 Å². The molecule has 5 nitrogen and oxygen atoms in total. The summed E-state index contributed by atoms with van der Waals surface area (Å²) >= 11 is 0. The van der Waals surface area contributed by atoms with Crippen molar-refractivity contribution in [3.8, 4) is 11.5 Å². The van der Waals surface area contributed by atoms with Gasteiger partial charge in [-0.15, -0.1) is 0 Å². The first kappa shape index (κ1) is 40.3. The Kier molecular flexibility index (Phi) is 25.2. The van der Waals surface area contributed by atoms with E-state index in [1.165, 1.54) is 103 Å². The van der Waals surface area contributed by atoms with Crippen molar-refractivity contribution in [2.45, 2.75) is 201 Å². The quantitative estimate of drug-likeness (QED) is 0.0492. The highest BCUT2D eigenvalue weighted by Gasteiger charge is 2.28. The van der Waals surface area contributed by atoms with Crippen LogP contribution >= 0.6 is 0 Å². The Bertz CT molecular complexity index is 850. The molecule has 5 heteroatoms. The number of aromatic carboxylic acids is 1. The molecule has 0 spiro atoms. The van der Waals surface area contributed by atoms with Crippen LogP contribution in [0.25, 0.3) is 0 Å². The molecule has 1 rings (SSSR count). The van der Waals surface area contributed by atoms with E-state index < -0.39 is 5.97 Å². The van der Waals surface area contributed by atoms with E-state index >= 15 is 0 Å². The van der Waals surface area contributed by atoms with Crippen LogP contribution in [0.1, 0.15) is 209 Å². The van der Waals surface area contributed by atoms with Gasteiger partial charge in [-0.2, -0.15) is 4.89 Å². The van der Waals surface area contributed by atoms with Crippen LogP contribution in [0.3, 0.4) is 0 Å². The van der Waals surface area contributed by atoms with Gasteiger partial charge >= 0.3 is 5.97 Å². The summed E-state index contributed by atoms with van der Waals surface area (Å²) in [6, 6.07) is 0. The average Bonchev–Trinajstić information content (AvgIpc) is 3.01. The molecular formula is C39H70O5. The van der Waals surface area contributed by atoms with Crippen molar-refractivity contribution in [2.24, 2.45) is 0 Å². The molecule has 0 heterocycles. The third kappa shape index (κ3) is 17.1. The number of rotatable bonds is 31. The van der Waals surface area contributed by atoms with Gasteiger partial charge in [-0.05, 0) is 56.1 Å². The Labute approximate surface area is 271 Å². The molecule has 0 radical (unpaired) electrons. The molecule has 0 atom stereocenters. The normalized spacial score (nSPS) is 11.4. The fourth-order valence-corrected chi connectivity index (χ4v) is 6.32. The fraction of sp³-hybridized carbons (Fsp3) is 0.821. The summed E-state index contributed by atoms with van der Waals surface area (Å²) in [4.78, 5) is 24.3. The number of carboxylic acids is 1. The zero-order chi connectivity index (χ0) is 32.3. The lowest BCUT2D eigenvalue weighted by molar-refractivity contribution is -0.208. The zero-order valence-corrected chi connectivity index (χ0v) is 29.4. The molecule has 0 aliphatic rings. The second-order valence-electron chi connectivity index (χ2n) is 13.0. The highest BCUT2D eigenvalue weighted by Crippen LogP contribution is 2.42. The first-order valence-corrected chi connectivity index (χ1v) is 18.9. The summed E-state index contributed by atoms with van der Waals surface area (Å²) in [5, 5.41) is 21.9. The molecule has 256 valence electrons. The minimum atomic E-state index is -1.07. The molecule has 0 saturated heterocycles. The van der Waals surface area contributed by atoms with Crippen molar-refractivity contribution in [1.82, 2.24) is 0 Å². The van der Waals surface area contributed by atoms with Crippen LogP contribution in [0.2, 0.25) is 0 Å². The summed E-state index contributed by atoms with van der Waals surface area (Å²) in [6.45, 7) is 9.36. The number of hydrogen-bond acceptors (Lipinski definition) is 4. The van der Waals surface area contributed by atoms with Crippen molar-refractivity contribution in [3.63, 3.8) is 0 Å². The predicted octanol–water partition coefficient (Wildman–Crippen LogP) is 12.5. The number of aromatic hydroxyl groups is 1. The predicted molar refractivity (Wildman–Crippen MR) is 186 cm³/mol. The standard InChI is InChI=1S/C39H70O5/c1-5-9-13-17-21-25-29-33-34(30-26-22-18-14-10-6-2)36(39(41)42)37(40)38(35(33)31-27-23-19-15-11-7-3)44-43-32-28-24-20-16-12-8-4/h40H,5-32H2,1-4H3,(H,41,42). The maximum Gasteiger partial charge on any atom is 0.339 e. The second-order valence-corrected chi connectivity index (χ2v) is 13.0. The van der Waals surface area contributed by atoms with E-state index in [9.17, 15) is 15.0 Å². The summed E-state index contributed by atoms with van der Waals surface area (Å²) in [7, 11) is 0. The fourth-order valence-electron chi connectivity index (χ4n) is 6.32. The molecule has 1 aromatic rings. The van der Waals surface area contributed by atoms with Gasteiger partial charge in [0.05, 0.1) is 6.61 Å². The van der Waals surface area contributed by atoms with Crippen LogP contribution < -0.4 is 4.89 Å². The maximum atomic E-state index is 12.7. The van der Waals surface area contributed by atoms with Gasteiger partial charge in [0, 0.05) is 5.56 Å². The third-order valence-electron chi connectivity index (χ3n) is 9.03. The van der Waals surface area contributed by atoms with Crippen molar-refractivity contribution in [1.29, 1.82) is 0 Å². The SMILES string of the molecule is CCCCCCCCOOc1c(O)c(C(=O)O)c(CCCCCCCC)c(CCCCCCCC)c1CCCCCCCC. The van der Waals surface area contributed by atoms with Gasteiger partial charge in [0.1, 0.15) is 5.56 Å². The van der Waals surface area contributed by atoms with Crippen LogP contribution in [0.15, 0.2) is 0 Å². The highest BCUT2D eigenvalue weighted by molar-refractivity contribution is 5.94. The van der Waals surface area contributed by atoms with Crippen molar-refractivity contribution < 1.29 is 24.8 Å². The van der Waals surface area contributed by atoms with E-state index in [0.717, 1.165) is 80.9 Å². The van der Waals surface area contributed by atoms with Crippen LogP contribution in [0.5, 0.6) is 11.5 Å². The summed E-state index contributed by atoms with van der Waals surface area (Å²) in [5.74, 6) is -1.05. The molecule has 0 amide bonds. The van der Waals surface area contributed by atoms with E-state index in [0.29, 0.717) is 13.0 Å². The van der Waals surface area contributed by atoms with Gasteiger partial charge in [-0.1, -0.05) is 156 Å². The number of unbranched alkanes of at least 4 members (excludes halogenated alkanes) is 20. The van der Waals surface area contributed by atoms with Crippen molar-refractivity contribution in [3.05, 3.63) is 22.3 Å². The molecule has 2 N–H and O–H groups in total. The number of phenols is 1. The maximum absolute atomic E-state index is 12.7. The topological polar surface area (TPSA) is 76.0 Å². The van der Waals surface area contributed by atoms with Crippen LogP contribution in [0, 0.1) is 0 Å². The first-order chi connectivity index (χ1) is 21.5. The molecule has 0 fully saturated rings. The minimum Gasteiger partial charge on any atom is -0.504 e. The van der Waals surface area contributed by atoms with Gasteiger partial charge in [0.25, 0.3) is 0 Å². The van der Waals surface area contributed by atoms with E-state index in [4.69, 9.17) is 9.78 Å². The lowest BCUT2D eigenvalue weighted by Crippen LogP contribution is -2.14. The van der Waals surface area contributed by atoms with Crippen molar-refractivity contribution in [2.75, 3.05) is 6.61 Å². The Balaban J connectivity index is 3.29. The number of hydrogen-bond donors (Lipinski definition) is 2. The summed E-state index contributed by atoms with van der Waals surface area (Å²) in [6.07, 6.45) is 30.3. The zero-order valence-electron chi connectivity index (χ0n) is 29.4. The van der Waals surface area contributed by atoms with E-state index in [1.807, 2.05) is 0 Å². The smallest absolute Gasteiger partial charge is 0.339 e. The van der Waals surface area contributed by atoms with Gasteiger partial charge in [-0.3, -0.25) is 0 Å². The Morgan fingerprint density at radius 3 is 1.30 bits per heavy atom. The molecule has 0 aliphatic carbocycles. The molecular weight excluding hydrogens is 548 g/mol. The Hall–Kier alpha value is -1.75. The van der Waals surface area contributed by atoms with Gasteiger partial charge in [0.2, 0.25) is 5.75 Å². The molecule has 0 aliphatic heterocycles. The molecule has 44 heavy (non-hydrogen) atoms. The molecule has 0 aromatic heterocycles. The Morgan fingerprint density at radius 2 is 0.864 bits per heavy atom. The third-order valence-corrected chi connectivity index (χ3v) is 9.03. The molecule has 0 bridgehead atoms.